The second-order valence-corrected chi connectivity index (χ2v) is 7.31. The Morgan fingerprint density at radius 1 is 1.05 bits per heavy atom. The topological polar surface area (TPSA) is 15.3 Å². The van der Waals surface area contributed by atoms with Gasteiger partial charge in [-0.25, -0.2) is 0 Å². The van der Waals surface area contributed by atoms with E-state index < -0.39 is 0 Å². The van der Waals surface area contributed by atoms with Crippen molar-refractivity contribution in [3.8, 4) is 0 Å². The largest absolute Gasteiger partial charge is 0.371 e. The third kappa shape index (κ3) is 5.70. The number of hydrogen-bond donors (Lipinski definition) is 1. The first-order chi connectivity index (χ1) is 10.1. The molecule has 1 N–H and O–H groups in total. The van der Waals surface area contributed by atoms with E-state index in [2.05, 4.69) is 55.3 Å². The molecule has 1 aromatic rings. The summed E-state index contributed by atoms with van der Waals surface area (Å²) in [5, 5.41) is 3.57. The highest BCUT2D eigenvalue weighted by Gasteiger charge is 2.14. The molecule has 0 saturated carbocycles. The molecule has 118 valence electrons. The summed E-state index contributed by atoms with van der Waals surface area (Å²) in [6, 6.07) is 8.98. The lowest BCUT2D eigenvalue weighted by atomic mass is 10.1. The van der Waals surface area contributed by atoms with Crippen molar-refractivity contribution in [3.05, 3.63) is 29.8 Å². The quantitative estimate of drug-likeness (QED) is 0.781. The van der Waals surface area contributed by atoms with Gasteiger partial charge in [0, 0.05) is 24.3 Å². The Morgan fingerprint density at radius 2 is 1.86 bits per heavy atom. The zero-order valence-corrected chi connectivity index (χ0v) is 14.1. The molecule has 0 aromatic heterocycles. The Morgan fingerprint density at radius 3 is 2.67 bits per heavy atom. The molecule has 0 unspecified atom stereocenters. The number of unbranched alkanes of at least 4 members (excludes halogenated alkanes) is 2. The van der Waals surface area contributed by atoms with E-state index in [-0.39, 0.29) is 5.54 Å². The van der Waals surface area contributed by atoms with E-state index in [9.17, 15) is 0 Å². The summed E-state index contributed by atoms with van der Waals surface area (Å²) < 4.78 is 0. The minimum absolute atomic E-state index is 0.254. The van der Waals surface area contributed by atoms with E-state index in [1.807, 2.05) is 0 Å². The zero-order chi connectivity index (χ0) is 15.1. The molecule has 21 heavy (non-hydrogen) atoms. The van der Waals surface area contributed by atoms with Crippen LogP contribution in [0, 0.1) is 0 Å². The minimum atomic E-state index is 0.254. The standard InChI is InChI=1S/C19H32N2/c1-19(2,3)20-14-8-4-9-15-21-16-10-7-12-17-11-5-6-13-18(17)21/h5-6,11,13,20H,4,7-10,12,14-16H2,1-3H3. The molecule has 2 heteroatoms. The molecule has 2 rings (SSSR count). The van der Waals surface area contributed by atoms with Crippen LogP contribution < -0.4 is 10.2 Å². The summed E-state index contributed by atoms with van der Waals surface area (Å²) in [5.74, 6) is 0. The van der Waals surface area contributed by atoms with Crippen LogP contribution in [-0.4, -0.2) is 25.2 Å². The summed E-state index contributed by atoms with van der Waals surface area (Å²) in [6.45, 7) is 10.3. The number of nitrogens with zero attached hydrogens (tertiary/aromatic N) is 1. The van der Waals surface area contributed by atoms with Gasteiger partial charge in [-0.05, 0) is 71.0 Å². The van der Waals surface area contributed by atoms with Crippen LogP contribution in [0.15, 0.2) is 24.3 Å². The summed E-state index contributed by atoms with van der Waals surface area (Å²) in [4.78, 5) is 2.61. The van der Waals surface area contributed by atoms with Gasteiger partial charge >= 0.3 is 0 Å². The van der Waals surface area contributed by atoms with E-state index in [0.717, 1.165) is 6.54 Å². The third-order valence-electron chi connectivity index (χ3n) is 4.22. The fourth-order valence-corrected chi connectivity index (χ4v) is 3.07. The maximum absolute atomic E-state index is 3.57. The molecule has 0 fully saturated rings. The van der Waals surface area contributed by atoms with E-state index >= 15 is 0 Å². The van der Waals surface area contributed by atoms with Crippen molar-refractivity contribution in [2.75, 3.05) is 24.5 Å². The molecular formula is C19H32N2. The van der Waals surface area contributed by atoms with Crippen molar-refractivity contribution in [2.45, 2.75) is 64.8 Å². The fourth-order valence-electron chi connectivity index (χ4n) is 3.07. The van der Waals surface area contributed by atoms with Gasteiger partial charge in [0.1, 0.15) is 0 Å². The number of anilines is 1. The van der Waals surface area contributed by atoms with Crippen LogP contribution in [-0.2, 0) is 6.42 Å². The van der Waals surface area contributed by atoms with Crippen molar-refractivity contribution in [2.24, 2.45) is 0 Å². The highest BCUT2D eigenvalue weighted by molar-refractivity contribution is 5.54. The number of nitrogens with one attached hydrogen (secondary N) is 1. The molecule has 0 atom stereocenters. The molecule has 1 heterocycles. The van der Waals surface area contributed by atoms with Crippen LogP contribution in [0.2, 0.25) is 0 Å². The average molecular weight is 288 g/mol. The van der Waals surface area contributed by atoms with Crippen molar-refractivity contribution < 1.29 is 0 Å². The lowest BCUT2D eigenvalue weighted by molar-refractivity contribution is 0.417. The predicted octanol–water partition coefficient (Wildman–Crippen LogP) is 4.39. The number of aryl methyl sites for hydroxylation is 1. The van der Waals surface area contributed by atoms with Crippen molar-refractivity contribution in [1.82, 2.24) is 5.32 Å². The summed E-state index contributed by atoms with van der Waals surface area (Å²) in [6.07, 6.45) is 7.83. The molecule has 0 saturated heterocycles. The van der Waals surface area contributed by atoms with Crippen molar-refractivity contribution in [3.63, 3.8) is 0 Å². The Hall–Kier alpha value is -1.02. The first kappa shape index (κ1) is 16.4. The maximum Gasteiger partial charge on any atom is 0.0398 e. The Balaban J connectivity index is 1.73. The highest BCUT2D eigenvalue weighted by atomic mass is 15.1. The van der Waals surface area contributed by atoms with Gasteiger partial charge in [0.15, 0.2) is 0 Å². The first-order valence-corrected chi connectivity index (χ1v) is 8.64. The van der Waals surface area contributed by atoms with Crippen LogP contribution in [0.25, 0.3) is 0 Å². The number of rotatable bonds is 6. The Bertz CT molecular complexity index is 420. The Labute approximate surface area is 130 Å². The normalized spacial score (nSPS) is 15.7. The van der Waals surface area contributed by atoms with Crippen LogP contribution in [0.1, 0.15) is 58.4 Å². The Kier molecular flexibility index (Phi) is 6.10. The second kappa shape index (κ2) is 7.84. The number of para-hydroxylation sites is 1. The molecule has 2 nitrogen and oxygen atoms in total. The van der Waals surface area contributed by atoms with Gasteiger partial charge in [-0.15, -0.1) is 0 Å². The molecule has 0 aliphatic carbocycles. The number of benzene rings is 1. The van der Waals surface area contributed by atoms with Crippen LogP contribution in [0.5, 0.6) is 0 Å². The first-order valence-electron chi connectivity index (χ1n) is 8.64. The lowest BCUT2D eigenvalue weighted by Gasteiger charge is -2.25. The average Bonchev–Trinajstić information content (AvgIpc) is 2.64. The van der Waals surface area contributed by atoms with Gasteiger partial charge in [-0.3, -0.25) is 0 Å². The smallest absolute Gasteiger partial charge is 0.0398 e. The molecule has 0 spiro atoms. The SMILES string of the molecule is CC(C)(C)NCCCCCN1CCCCc2ccccc21. The van der Waals surface area contributed by atoms with Gasteiger partial charge in [0.2, 0.25) is 0 Å². The van der Waals surface area contributed by atoms with Crippen LogP contribution >= 0.6 is 0 Å². The summed E-state index contributed by atoms with van der Waals surface area (Å²) in [7, 11) is 0. The van der Waals surface area contributed by atoms with Gasteiger partial charge in [0.05, 0.1) is 0 Å². The molecule has 1 aromatic carbocycles. The van der Waals surface area contributed by atoms with Gasteiger partial charge < -0.3 is 10.2 Å². The second-order valence-electron chi connectivity index (χ2n) is 7.31. The molecule has 1 aliphatic rings. The van der Waals surface area contributed by atoms with Crippen LogP contribution in [0.3, 0.4) is 0 Å². The van der Waals surface area contributed by atoms with E-state index in [1.165, 1.54) is 57.3 Å². The summed E-state index contributed by atoms with van der Waals surface area (Å²) in [5.41, 5.74) is 3.29. The predicted molar refractivity (Wildman–Crippen MR) is 93.2 cm³/mol. The molecule has 0 radical (unpaired) electrons. The molecular weight excluding hydrogens is 256 g/mol. The van der Waals surface area contributed by atoms with Crippen molar-refractivity contribution in [1.29, 1.82) is 0 Å². The number of fused-ring (bicyclic) bond motifs is 1. The molecule has 1 aliphatic heterocycles. The molecule has 0 amide bonds. The highest BCUT2D eigenvalue weighted by Crippen LogP contribution is 2.26. The van der Waals surface area contributed by atoms with Gasteiger partial charge in [0.25, 0.3) is 0 Å². The van der Waals surface area contributed by atoms with Crippen LogP contribution in [0.4, 0.5) is 5.69 Å². The zero-order valence-electron chi connectivity index (χ0n) is 14.1. The van der Waals surface area contributed by atoms with E-state index in [0.29, 0.717) is 0 Å². The summed E-state index contributed by atoms with van der Waals surface area (Å²) >= 11 is 0. The fraction of sp³-hybridized carbons (Fsp3) is 0.684. The number of hydrogen-bond acceptors (Lipinski definition) is 2. The third-order valence-corrected chi connectivity index (χ3v) is 4.22. The maximum atomic E-state index is 3.57. The van der Waals surface area contributed by atoms with Gasteiger partial charge in [-0.1, -0.05) is 24.6 Å². The van der Waals surface area contributed by atoms with E-state index in [4.69, 9.17) is 0 Å². The van der Waals surface area contributed by atoms with Gasteiger partial charge in [-0.2, -0.15) is 0 Å². The minimum Gasteiger partial charge on any atom is -0.371 e. The monoisotopic (exact) mass is 288 g/mol. The molecule has 0 bridgehead atoms. The van der Waals surface area contributed by atoms with E-state index in [1.54, 1.807) is 5.56 Å². The lowest BCUT2D eigenvalue weighted by Crippen LogP contribution is -2.36. The van der Waals surface area contributed by atoms with Crippen molar-refractivity contribution >= 4 is 5.69 Å².